The van der Waals surface area contributed by atoms with Gasteiger partial charge in [0.2, 0.25) is 0 Å². The van der Waals surface area contributed by atoms with Gasteiger partial charge in [0.1, 0.15) is 0 Å². The predicted octanol–water partition coefficient (Wildman–Crippen LogP) is 13.5. The summed E-state index contributed by atoms with van der Waals surface area (Å²) in [6, 6.07) is 42.3. The van der Waals surface area contributed by atoms with E-state index in [1.165, 1.54) is 93.5 Å². The molecule has 0 saturated heterocycles. The molecular formula is C50H44. The lowest BCUT2D eigenvalue weighted by atomic mass is 9.72. The molecule has 2 unspecified atom stereocenters. The Bertz CT molecular complexity index is 2610. The van der Waals surface area contributed by atoms with E-state index in [0.717, 1.165) is 0 Å². The smallest absolute Gasteiger partial charge is 0.0159 e. The van der Waals surface area contributed by atoms with Crippen molar-refractivity contribution in [1.29, 1.82) is 0 Å². The molecule has 7 aromatic rings. The molecule has 0 aromatic heterocycles. The van der Waals surface area contributed by atoms with Crippen molar-refractivity contribution in [3.05, 3.63) is 161 Å². The second-order valence-electron chi connectivity index (χ2n) is 17.4. The Hall–Kier alpha value is -4.94. The van der Waals surface area contributed by atoms with Crippen molar-refractivity contribution in [3.63, 3.8) is 0 Å². The first-order valence-corrected chi connectivity index (χ1v) is 18.4. The summed E-state index contributed by atoms with van der Waals surface area (Å²) in [7, 11) is 0. The molecule has 0 N–H and O–H groups in total. The van der Waals surface area contributed by atoms with Crippen LogP contribution in [-0.4, -0.2) is 0 Å². The Morgan fingerprint density at radius 1 is 0.560 bits per heavy atom. The third-order valence-electron chi connectivity index (χ3n) is 12.9. The number of fused-ring (bicyclic) bond motifs is 6. The summed E-state index contributed by atoms with van der Waals surface area (Å²) >= 11 is 0. The van der Waals surface area contributed by atoms with Crippen molar-refractivity contribution in [2.24, 2.45) is 5.92 Å². The van der Waals surface area contributed by atoms with Crippen LogP contribution < -0.4 is 0 Å². The highest BCUT2D eigenvalue weighted by atomic mass is 14.5. The van der Waals surface area contributed by atoms with Crippen LogP contribution in [0.25, 0.3) is 60.1 Å². The molecule has 0 heteroatoms. The molecule has 0 fully saturated rings. The largest absolute Gasteiger partial charge is 0.0758 e. The monoisotopic (exact) mass is 644 g/mol. The van der Waals surface area contributed by atoms with Crippen molar-refractivity contribution >= 4 is 37.9 Å². The average molecular weight is 645 g/mol. The SMILES string of the molecule is CC(C)(C)c1cc2ccc3ccc(C4=CC5C(C=C4)c4ccc(-c6ccc7c(c6)C(C)(C)c6ccccc6-7)cc4C5(C)C)c4ccc(c1)c2c34. The van der Waals surface area contributed by atoms with Gasteiger partial charge in [-0.05, 0) is 116 Å². The number of hydrogen-bond donors (Lipinski definition) is 0. The first-order chi connectivity index (χ1) is 23.9. The first kappa shape index (κ1) is 29.9. The van der Waals surface area contributed by atoms with Gasteiger partial charge < -0.3 is 0 Å². The van der Waals surface area contributed by atoms with Crippen molar-refractivity contribution in [1.82, 2.24) is 0 Å². The van der Waals surface area contributed by atoms with Crippen LogP contribution in [0.2, 0.25) is 0 Å². The van der Waals surface area contributed by atoms with Crippen molar-refractivity contribution < 1.29 is 0 Å². The van der Waals surface area contributed by atoms with E-state index >= 15 is 0 Å². The van der Waals surface area contributed by atoms with E-state index < -0.39 is 0 Å². The van der Waals surface area contributed by atoms with E-state index in [9.17, 15) is 0 Å². The quantitative estimate of drug-likeness (QED) is 0.164. The molecule has 0 heterocycles. The van der Waals surface area contributed by atoms with Crippen molar-refractivity contribution in [2.75, 3.05) is 0 Å². The van der Waals surface area contributed by atoms with Crippen LogP contribution in [-0.2, 0) is 16.2 Å². The highest BCUT2D eigenvalue weighted by molar-refractivity contribution is 6.25. The van der Waals surface area contributed by atoms with E-state index in [1.807, 2.05) is 0 Å². The summed E-state index contributed by atoms with van der Waals surface area (Å²) in [4.78, 5) is 0. The molecule has 7 aromatic carbocycles. The fraction of sp³-hybridized carbons (Fsp3) is 0.240. The van der Waals surface area contributed by atoms with E-state index in [1.54, 1.807) is 0 Å². The third kappa shape index (κ3) is 4.00. The van der Waals surface area contributed by atoms with Crippen LogP contribution in [0.15, 0.2) is 127 Å². The molecule has 0 spiro atoms. The molecule has 0 saturated carbocycles. The van der Waals surface area contributed by atoms with Crippen LogP contribution in [0.4, 0.5) is 0 Å². The third-order valence-corrected chi connectivity index (χ3v) is 12.9. The van der Waals surface area contributed by atoms with Crippen LogP contribution in [0.3, 0.4) is 0 Å². The van der Waals surface area contributed by atoms with Gasteiger partial charge in [-0.2, -0.15) is 0 Å². The van der Waals surface area contributed by atoms with Crippen LogP contribution in [0.5, 0.6) is 0 Å². The summed E-state index contributed by atoms with van der Waals surface area (Å²) in [6.45, 7) is 16.6. The zero-order chi connectivity index (χ0) is 34.3. The van der Waals surface area contributed by atoms with Gasteiger partial charge in [0.25, 0.3) is 0 Å². The van der Waals surface area contributed by atoms with Gasteiger partial charge in [-0.25, -0.2) is 0 Å². The second-order valence-corrected chi connectivity index (χ2v) is 17.4. The zero-order valence-corrected chi connectivity index (χ0v) is 30.3. The number of allylic oxidation sites excluding steroid dienone is 4. The maximum absolute atomic E-state index is 2.60. The normalized spacial score (nSPS) is 19.9. The Kier molecular flexibility index (Phi) is 5.90. The standard InChI is InChI=1S/C50H44/c1-48(2,3)35-24-33-13-12-29-14-19-36(41-23-18-34(25-35)46(33)47(29)41)32-17-22-40-39-21-16-31(27-44(39)50(6,7)45(40)28-32)30-15-20-38-37-10-8-9-11-42(37)49(4,5)43(38)26-30/h8-28,40,45H,1-7H3. The maximum atomic E-state index is 2.60. The van der Waals surface area contributed by atoms with Gasteiger partial charge in [0, 0.05) is 11.3 Å². The van der Waals surface area contributed by atoms with Crippen molar-refractivity contribution in [3.8, 4) is 22.3 Å². The Morgan fingerprint density at radius 2 is 1.20 bits per heavy atom. The van der Waals surface area contributed by atoms with Crippen LogP contribution in [0, 0.1) is 5.92 Å². The molecule has 0 bridgehead atoms. The topological polar surface area (TPSA) is 0 Å². The highest BCUT2D eigenvalue weighted by Gasteiger charge is 2.45. The predicted molar refractivity (Wildman–Crippen MR) is 215 cm³/mol. The number of hydrogen-bond acceptors (Lipinski definition) is 0. The molecule has 2 atom stereocenters. The Morgan fingerprint density at radius 3 is 1.98 bits per heavy atom. The molecule has 0 amide bonds. The molecule has 0 radical (unpaired) electrons. The molecule has 0 aliphatic heterocycles. The van der Waals surface area contributed by atoms with Gasteiger partial charge in [0.05, 0.1) is 0 Å². The summed E-state index contributed by atoms with van der Waals surface area (Å²) in [5.41, 5.74) is 15.4. The second kappa shape index (κ2) is 9.85. The highest BCUT2D eigenvalue weighted by Crippen LogP contribution is 2.56. The summed E-state index contributed by atoms with van der Waals surface area (Å²) in [5.74, 6) is 0.788. The minimum absolute atomic E-state index is 0.000625. The molecular weight excluding hydrogens is 601 g/mol. The number of benzene rings is 7. The van der Waals surface area contributed by atoms with Crippen molar-refractivity contribution in [2.45, 2.75) is 70.6 Å². The summed E-state index contributed by atoms with van der Waals surface area (Å²) in [5, 5.41) is 8.16. The lowest BCUT2D eigenvalue weighted by Crippen LogP contribution is -2.25. The molecule has 3 aliphatic rings. The lowest BCUT2D eigenvalue weighted by molar-refractivity contribution is 0.395. The Labute approximate surface area is 296 Å². The van der Waals surface area contributed by atoms with Gasteiger partial charge in [-0.1, -0.05) is 170 Å². The molecule has 50 heavy (non-hydrogen) atoms. The zero-order valence-electron chi connectivity index (χ0n) is 30.3. The molecule has 0 nitrogen and oxygen atoms in total. The van der Waals surface area contributed by atoms with E-state index in [-0.39, 0.29) is 16.2 Å². The summed E-state index contributed by atoms with van der Waals surface area (Å²) < 4.78 is 0. The number of rotatable bonds is 2. The van der Waals surface area contributed by atoms with Gasteiger partial charge in [0.15, 0.2) is 0 Å². The van der Waals surface area contributed by atoms with Gasteiger partial charge in [-0.15, -0.1) is 0 Å². The Balaban J connectivity index is 1.04. The fourth-order valence-corrected chi connectivity index (χ4v) is 9.97. The van der Waals surface area contributed by atoms with E-state index in [0.29, 0.717) is 11.8 Å². The van der Waals surface area contributed by atoms with Crippen LogP contribution in [0.1, 0.15) is 87.8 Å². The molecule has 244 valence electrons. The van der Waals surface area contributed by atoms with Gasteiger partial charge in [-0.3, -0.25) is 0 Å². The van der Waals surface area contributed by atoms with E-state index in [4.69, 9.17) is 0 Å². The van der Waals surface area contributed by atoms with Crippen LogP contribution >= 0.6 is 0 Å². The minimum atomic E-state index is -0.000625. The average Bonchev–Trinajstić information content (AvgIpc) is 3.48. The fourth-order valence-electron chi connectivity index (χ4n) is 9.97. The molecule has 10 rings (SSSR count). The maximum Gasteiger partial charge on any atom is 0.0159 e. The lowest BCUT2D eigenvalue weighted by Gasteiger charge is -2.31. The first-order valence-electron chi connectivity index (χ1n) is 18.4. The molecule has 3 aliphatic carbocycles. The van der Waals surface area contributed by atoms with E-state index in [2.05, 4.69) is 176 Å². The van der Waals surface area contributed by atoms with Gasteiger partial charge >= 0.3 is 0 Å². The summed E-state index contributed by atoms with van der Waals surface area (Å²) in [6.07, 6.45) is 7.50. The minimum Gasteiger partial charge on any atom is -0.0758 e.